The molecule has 1 heterocycles. The molecular weight excluding hydrogens is 176 g/mol. The second-order valence-electron chi connectivity index (χ2n) is 3.99. The molecule has 0 aromatic carbocycles. The molecule has 1 saturated heterocycles. The van der Waals surface area contributed by atoms with Gasteiger partial charge in [0.15, 0.2) is 0 Å². The van der Waals surface area contributed by atoms with E-state index in [1.54, 1.807) is 0 Å². The Bertz CT molecular complexity index is 155. The van der Waals surface area contributed by atoms with Gasteiger partial charge in [-0.1, -0.05) is 6.42 Å². The number of hydrogen-bond acceptors (Lipinski definition) is 2. The largest absolute Gasteiger partial charge is 0.345 e. The minimum absolute atomic E-state index is 0.837. The van der Waals surface area contributed by atoms with Crippen molar-refractivity contribution in [1.29, 1.82) is 0 Å². The third-order valence-corrected chi connectivity index (χ3v) is 2.92. The van der Waals surface area contributed by atoms with Gasteiger partial charge in [0, 0.05) is 13.1 Å². The van der Waals surface area contributed by atoms with E-state index in [1.807, 2.05) is 11.8 Å². The lowest BCUT2D eigenvalue weighted by Gasteiger charge is -2.27. The van der Waals surface area contributed by atoms with Gasteiger partial charge in [-0.15, -0.1) is 0 Å². The summed E-state index contributed by atoms with van der Waals surface area (Å²) in [5.74, 6) is 0. The van der Waals surface area contributed by atoms with Gasteiger partial charge < -0.3 is 9.80 Å². The highest BCUT2D eigenvalue weighted by Gasteiger charge is 2.09. The fourth-order valence-electron chi connectivity index (χ4n) is 1.97. The van der Waals surface area contributed by atoms with Crippen molar-refractivity contribution < 1.29 is 4.79 Å². The quantitative estimate of drug-likeness (QED) is 0.601. The van der Waals surface area contributed by atoms with Crippen molar-refractivity contribution in [3.63, 3.8) is 0 Å². The fourth-order valence-corrected chi connectivity index (χ4v) is 1.97. The minimum Gasteiger partial charge on any atom is -0.345 e. The molecule has 0 radical (unpaired) electrons. The molecule has 0 aromatic rings. The molecule has 0 bridgehead atoms. The van der Waals surface area contributed by atoms with Crippen molar-refractivity contribution in [2.75, 3.05) is 32.7 Å². The lowest BCUT2D eigenvalue weighted by molar-refractivity contribution is -0.118. The maximum absolute atomic E-state index is 10.5. The Kier molecular flexibility index (Phi) is 5.60. The molecule has 1 rings (SSSR count). The molecule has 3 nitrogen and oxygen atoms in total. The summed E-state index contributed by atoms with van der Waals surface area (Å²) in [5.41, 5.74) is 0. The average molecular weight is 198 g/mol. The Labute approximate surface area is 87.1 Å². The van der Waals surface area contributed by atoms with E-state index in [0.717, 1.165) is 32.5 Å². The predicted molar refractivity (Wildman–Crippen MR) is 58.2 cm³/mol. The smallest absolute Gasteiger partial charge is 0.209 e. The highest BCUT2D eigenvalue weighted by molar-refractivity contribution is 5.46. The first-order chi connectivity index (χ1) is 6.86. The molecule has 0 unspecified atom stereocenters. The number of nitrogens with zero attached hydrogens (tertiary/aromatic N) is 2. The van der Waals surface area contributed by atoms with Gasteiger partial charge >= 0.3 is 0 Å². The Morgan fingerprint density at radius 1 is 1.29 bits per heavy atom. The van der Waals surface area contributed by atoms with Crippen LogP contribution in [0.4, 0.5) is 0 Å². The summed E-state index contributed by atoms with van der Waals surface area (Å²) in [7, 11) is 0. The second kappa shape index (κ2) is 6.82. The van der Waals surface area contributed by atoms with Gasteiger partial charge in [-0.2, -0.15) is 0 Å². The molecule has 0 N–H and O–H groups in total. The van der Waals surface area contributed by atoms with Gasteiger partial charge in [0.1, 0.15) is 0 Å². The standard InChI is InChI=1S/C11H22N2O/c1-2-12(11-14)9-6-10-13-7-4-3-5-8-13/h11H,2-10H2,1H3. The van der Waals surface area contributed by atoms with E-state index in [9.17, 15) is 4.79 Å². The molecule has 0 spiro atoms. The fraction of sp³-hybridized carbons (Fsp3) is 0.909. The zero-order valence-corrected chi connectivity index (χ0v) is 9.24. The Morgan fingerprint density at radius 3 is 2.57 bits per heavy atom. The van der Waals surface area contributed by atoms with Crippen molar-refractivity contribution in [3.8, 4) is 0 Å². The van der Waals surface area contributed by atoms with E-state index in [-0.39, 0.29) is 0 Å². The number of likely N-dealkylation sites (tertiary alicyclic amines) is 1. The summed E-state index contributed by atoms with van der Waals surface area (Å²) < 4.78 is 0. The third kappa shape index (κ3) is 4.09. The molecule has 14 heavy (non-hydrogen) atoms. The lowest BCUT2D eigenvalue weighted by atomic mass is 10.1. The molecule has 0 saturated carbocycles. The number of carbonyl (C=O) groups excluding carboxylic acids is 1. The van der Waals surface area contributed by atoms with Crippen molar-refractivity contribution in [3.05, 3.63) is 0 Å². The Morgan fingerprint density at radius 2 is 2.00 bits per heavy atom. The van der Waals surface area contributed by atoms with Crippen LogP contribution in [-0.4, -0.2) is 48.9 Å². The highest BCUT2D eigenvalue weighted by Crippen LogP contribution is 2.08. The molecule has 82 valence electrons. The maximum Gasteiger partial charge on any atom is 0.209 e. The Hall–Kier alpha value is -0.570. The molecule has 1 aliphatic rings. The first-order valence-corrected chi connectivity index (χ1v) is 5.78. The molecule has 0 atom stereocenters. The van der Waals surface area contributed by atoms with Crippen LogP contribution >= 0.6 is 0 Å². The van der Waals surface area contributed by atoms with Crippen LogP contribution in [0.3, 0.4) is 0 Å². The predicted octanol–water partition coefficient (Wildman–Crippen LogP) is 1.34. The van der Waals surface area contributed by atoms with Crippen LogP contribution in [0.5, 0.6) is 0 Å². The number of piperidine rings is 1. The van der Waals surface area contributed by atoms with E-state index in [2.05, 4.69) is 4.90 Å². The van der Waals surface area contributed by atoms with E-state index < -0.39 is 0 Å². The third-order valence-electron chi connectivity index (χ3n) is 2.92. The molecule has 3 heteroatoms. The number of hydrogen-bond donors (Lipinski definition) is 0. The van der Waals surface area contributed by atoms with Gasteiger partial charge in [0.25, 0.3) is 0 Å². The molecule has 0 aromatic heterocycles. The Balaban J connectivity index is 2.04. The first-order valence-electron chi connectivity index (χ1n) is 5.78. The summed E-state index contributed by atoms with van der Waals surface area (Å²) in [6, 6.07) is 0. The van der Waals surface area contributed by atoms with Gasteiger partial charge in [-0.3, -0.25) is 4.79 Å². The average Bonchev–Trinajstić information content (AvgIpc) is 2.26. The topological polar surface area (TPSA) is 23.6 Å². The first kappa shape index (κ1) is 11.5. The normalized spacial score (nSPS) is 18.1. The van der Waals surface area contributed by atoms with E-state index >= 15 is 0 Å². The van der Waals surface area contributed by atoms with Crippen LogP contribution in [-0.2, 0) is 4.79 Å². The zero-order valence-electron chi connectivity index (χ0n) is 9.24. The molecular formula is C11H22N2O. The van der Waals surface area contributed by atoms with Gasteiger partial charge in [-0.25, -0.2) is 0 Å². The van der Waals surface area contributed by atoms with Crippen LogP contribution in [0.2, 0.25) is 0 Å². The van der Waals surface area contributed by atoms with E-state index in [4.69, 9.17) is 0 Å². The summed E-state index contributed by atoms with van der Waals surface area (Å²) in [5, 5.41) is 0. The molecule has 1 fully saturated rings. The maximum atomic E-state index is 10.5. The monoisotopic (exact) mass is 198 g/mol. The van der Waals surface area contributed by atoms with Crippen molar-refractivity contribution in [2.45, 2.75) is 32.6 Å². The molecule has 1 aliphatic heterocycles. The molecule has 1 amide bonds. The molecule has 0 aliphatic carbocycles. The van der Waals surface area contributed by atoms with Crippen molar-refractivity contribution >= 4 is 6.41 Å². The van der Waals surface area contributed by atoms with Crippen molar-refractivity contribution in [2.24, 2.45) is 0 Å². The minimum atomic E-state index is 0.837. The van der Waals surface area contributed by atoms with Crippen LogP contribution in [0.25, 0.3) is 0 Å². The number of amides is 1. The summed E-state index contributed by atoms with van der Waals surface area (Å²) in [4.78, 5) is 14.9. The van der Waals surface area contributed by atoms with Gasteiger partial charge in [0.2, 0.25) is 6.41 Å². The number of carbonyl (C=O) groups is 1. The SMILES string of the molecule is CCN(C=O)CCCN1CCCCC1. The van der Waals surface area contributed by atoms with Crippen LogP contribution in [0, 0.1) is 0 Å². The highest BCUT2D eigenvalue weighted by atomic mass is 16.1. The van der Waals surface area contributed by atoms with Crippen LogP contribution in [0.15, 0.2) is 0 Å². The summed E-state index contributed by atoms with van der Waals surface area (Å²) >= 11 is 0. The van der Waals surface area contributed by atoms with Gasteiger partial charge in [-0.05, 0) is 45.8 Å². The van der Waals surface area contributed by atoms with Gasteiger partial charge in [0.05, 0.1) is 0 Å². The lowest BCUT2D eigenvalue weighted by Crippen LogP contribution is -2.33. The van der Waals surface area contributed by atoms with Crippen molar-refractivity contribution in [1.82, 2.24) is 9.80 Å². The number of rotatable bonds is 6. The van der Waals surface area contributed by atoms with Crippen LogP contribution < -0.4 is 0 Å². The second-order valence-corrected chi connectivity index (χ2v) is 3.99. The summed E-state index contributed by atoms with van der Waals surface area (Å²) in [6.07, 6.45) is 6.17. The van der Waals surface area contributed by atoms with Crippen LogP contribution in [0.1, 0.15) is 32.6 Å². The van der Waals surface area contributed by atoms with E-state index in [1.165, 1.54) is 32.4 Å². The zero-order chi connectivity index (χ0) is 10.2. The van der Waals surface area contributed by atoms with E-state index in [0.29, 0.717) is 0 Å². The summed E-state index contributed by atoms with van der Waals surface area (Å²) in [6.45, 7) is 7.44.